The lowest BCUT2D eigenvalue weighted by molar-refractivity contribution is 0.0397. The first-order valence-corrected chi connectivity index (χ1v) is 10.0. The summed E-state index contributed by atoms with van der Waals surface area (Å²) in [6, 6.07) is 0. The van der Waals surface area contributed by atoms with Crippen molar-refractivity contribution in [3.8, 4) is 0 Å². The van der Waals surface area contributed by atoms with Gasteiger partial charge in [0.05, 0.1) is 11.3 Å². The van der Waals surface area contributed by atoms with Crippen molar-refractivity contribution >= 4 is 0 Å². The van der Waals surface area contributed by atoms with Crippen LogP contribution in [-0.2, 0) is 17.6 Å². The van der Waals surface area contributed by atoms with Gasteiger partial charge in [-0.1, -0.05) is 37.3 Å². The zero-order chi connectivity index (χ0) is 21.2. The number of H-pyrrole nitrogens is 1. The van der Waals surface area contributed by atoms with E-state index < -0.39 is 0 Å². The van der Waals surface area contributed by atoms with Gasteiger partial charge in [-0.15, -0.1) is 0 Å². The van der Waals surface area contributed by atoms with E-state index in [1.54, 1.807) is 7.11 Å². The lowest BCUT2D eigenvalue weighted by Gasteiger charge is -2.14. The zero-order valence-electron chi connectivity index (χ0n) is 18.6. The van der Waals surface area contributed by atoms with Gasteiger partial charge in [0.1, 0.15) is 5.82 Å². The highest BCUT2D eigenvalue weighted by Gasteiger charge is 2.09. The molecule has 0 saturated heterocycles. The van der Waals surface area contributed by atoms with Crippen LogP contribution in [0.5, 0.6) is 0 Å². The van der Waals surface area contributed by atoms with Crippen LogP contribution in [0.4, 0.5) is 0 Å². The van der Waals surface area contributed by atoms with E-state index >= 15 is 0 Å². The molecule has 5 heteroatoms. The molecule has 0 fully saturated rings. The van der Waals surface area contributed by atoms with Gasteiger partial charge in [0, 0.05) is 32.1 Å². The third-order valence-corrected chi connectivity index (χ3v) is 4.61. The van der Waals surface area contributed by atoms with Crippen LogP contribution >= 0.6 is 0 Å². The van der Waals surface area contributed by atoms with Gasteiger partial charge in [-0.25, -0.2) is 4.98 Å². The van der Waals surface area contributed by atoms with Crippen molar-refractivity contribution in [1.29, 1.82) is 0 Å². The number of hydrogen-bond acceptors (Lipinski definition) is 4. The molecular formula is C23H37N3O2. The number of likely N-dealkylation sites (N-methyl/N-ethyl adjacent to an activating group) is 1. The fraction of sp³-hybridized carbons (Fsp3) is 0.565. The first kappa shape index (κ1) is 24.1. The Labute approximate surface area is 170 Å². The van der Waals surface area contributed by atoms with Gasteiger partial charge < -0.3 is 14.6 Å². The van der Waals surface area contributed by atoms with E-state index in [1.165, 1.54) is 0 Å². The van der Waals surface area contributed by atoms with Gasteiger partial charge in [-0.2, -0.15) is 0 Å². The SMILES string of the molecule is CCN(C)CCc1nc(CC2=CC=CCC=C2)[nH]c(=O)c1C.COC(C)(C)C. The van der Waals surface area contributed by atoms with Crippen LogP contribution < -0.4 is 5.56 Å². The molecule has 2 rings (SSSR count). The number of nitrogens with one attached hydrogen (secondary N) is 1. The number of allylic oxidation sites excluding steroid dienone is 6. The second-order valence-corrected chi connectivity index (χ2v) is 8.03. The summed E-state index contributed by atoms with van der Waals surface area (Å²) in [5.41, 5.74) is 2.83. The molecule has 0 saturated carbocycles. The number of aromatic amines is 1. The van der Waals surface area contributed by atoms with Crippen LogP contribution in [0.3, 0.4) is 0 Å². The van der Waals surface area contributed by atoms with E-state index in [1.807, 2.05) is 27.7 Å². The second kappa shape index (κ2) is 11.8. The molecule has 1 aliphatic rings. The minimum atomic E-state index is -0.0205. The van der Waals surface area contributed by atoms with E-state index in [2.05, 4.69) is 59.2 Å². The summed E-state index contributed by atoms with van der Waals surface area (Å²) in [6.07, 6.45) is 12.9. The highest BCUT2D eigenvalue weighted by molar-refractivity contribution is 5.30. The Morgan fingerprint density at radius 2 is 1.96 bits per heavy atom. The van der Waals surface area contributed by atoms with E-state index in [4.69, 9.17) is 4.74 Å². The van der Waals surface area contributed by atoms with Gasteiger partial charge in [0.2, 0.25) is 0 Å². The van der Waals surface area contributed by atoms with Crippen molar-refractivity contribution < 1.29 is 4.74 Å². The van der Waals surface area contributed by atoms with Gasteiger partial charge in [0.15, 0.2) is 0 Å². The fourth-order valence-electron chi connectivity index (χ4n) is 2.35. The molecule has 0 aromatic carbocycles. The zero-order valence-corrected chi connectivity index (χ0v) is 18.6. The average molecular weight is 388 g/mol. The molecule has 0 unspecified atom stereocenters. The van der Waals surface area contributed by atoms with Crippen LogP contribution in [0.1, 0.15) is 51.2 Å². The summed E-state index contributed by atoms with van der Waals surface area (Å²) in [5, 5.41) is 0. The standard InChI is InChI=1S/C18H25N3O.C5H12O/c1-4-21(3)12-11-16-14(2)18(22)20-17(19-16)13-15-9-7-5-6-8-10-15;1-5(2,3)6-4/h5,7-10H,4,6,11-13H2,1-3H3,(H,19,20,22);1-4H3. The predicted molar refractivity (Wildman–Crippen MR) is 118 cm³/mol. The van der Waals surface area contributed by atoms with Crippen LogP contribution in [0.25, 0.3) is 0 Å². The summed E-state index contributed by atoms with van der Waals surface area (Å²) in [5.74, 6) is 0.746. The molecule has 1 aromatic rings. The van der Waals surface area contributed by atoms with Crippen LogP contribution in [0, 0.1) is 6.92 Å². The summed E-state index contributed by atoms with van der Waals surface area (Å²) < 4.78 is 4.94. The van der Waals surface area contributed by atoms with E-state index in [0.717, 1.165) is 48.6 Å². The summed E-state index contributed by atoms with van der Waals surface area (Å²) in [4.78, 5) is 21.9. The molecule has 156 valence electrons. The number of nitrogens with zero attached hydrogens (tertiary/aromatic N) is 2. The molecule has 0 aliphatic heterocycles. The van der Waals surface area contributed by atoms with Gasteiger partial charge in [-0.3, -0.25) is 4.79 Å². The van der Waals surface area contributed by atoms with Gasteiger partial charge in [-0.05, 0) is 53.3 Å². The van der Waals surface area contributed by atoms with Crippen molar-refractivity contribution in [3.63, 3.8) is 0 Å². The largest absolute Gasteiger partial charge is 0.379 e. The first-order chi connectivity index (χ1) is 13.2. The molecule has 0 atom stereocenters. The Balaban J connectivity index is 0.000000568. The molecule has 28 heavy (non-hydrogen) atoms. The Morgan fingerprint density at radius 1 is 1.29 bits per heavy atom. The maximum atomic E-state index is 12.1. The summed E-state index contributed by atoms with van der Waals surface area (Å²) in [7, 11) is 3.79. The molecule has 1 aromatic heterocycles. The number of ether oxygens (including phenoxy) is 1. The van der Waals surface area contributed by atoms with Crippen molar-refractivity contribution in [3.05, 3.63) is 63.4 Å². The third kappa shape index (κ3) is 9.29. The number of methoxy groups -OCH3 is 1. The highest BCUT2D eigenvalue weighted by Crippen LogP contribution is 2.10. The molecule has 5 nitrogen and oxygen atoms in total. The lowest BCUT2D eigenvalue weighted by atomic mass is 10.1. The smallest absolute Gasteiger partial charge is 0.254 e. The monoisotopic (exact) mass is 387 g/mol. The van der Waals surface area contributed by atoms with Gasteiger partial charge >= 0.3 is 0 Å². The quantitative estimate of drug-likeness (QED) is 0.802. The average Bonchev–Trinajstić information content (AvgIpc) is 2.91. The molecule has 1 aliphatic carbocycles. The Bertz CT molecular complexity index is 752. The van der Waals surface area contributed by atoms with E-state index in [9.17, 15) is 4.79 Å². The van der Waals surface area contributed by atoms with Crippen LogP contribution in [-0.4, -0.2) is 47.7 Å². The van der Waals surface area contributed by atoms with Crippen molar-refractivity contribution in [2.24, 2.45) is 0 Å². The molecule has 0 amide bonds. The Morgan fingerprint density at radius 3 is 2.57 bits per heavy atom. The van der Waals surface area contributed by atoms with Crippen LogP contribution in [0.2, 0.25) is 0 Å². The number of aromatic nitrogens is 2. The van der Waals surface area contributed by atoms with Crippen molar-refractivity contribution in [2.45, 2.75) is 59.5 Å². The Hall–Kier alpha value is -1.98. The van der Waals surface area contributed by atoms with E-state index in [-0.39, 0.29) is 11.2 Å². The highest BCUT2D eigenvalue weighted by atomic mass is 16.5. The maximum Gasteiger partial charge on any atom is 0.254 e. The number of rotatable bonds is 6. The Kier molecular flexibility index (Phi) is 10.1. The molecule has 0 radical (unpaired) electrons. The van der Waals surface area contributed by atoms with Crippen molar-refractivity contribution in [2.75, 3.05) is 27.2 Å². The summed E-state index contributed by atoms with van der Waals surface area (Å²) >= 11 is 0. The minimum absolute atomic E-state index is 0.0205. The van der Waals surface area contributed by atoms with Crippen molar-refractivity contribution in [1.82, 2.24) is 14.9 Å². The van der Waals surface area contributed by atoms with Crippen LogP contribution in [0.15, 0.2) is 40.7 Å². The lowest BCUT2D eigenvalue weighted by Crippen LogP contribution is -2.24. The molecule has 1 N–H and O–H groups in total. The normalized spacial score (nSPS) is 13.8. The molecule has 1 heterocycles. The first-order valence-electron chi connectivity index (χ1n) is 10.0. The minimum Gasteiger partial charge on any atom is -0.379 e. The topological polar surface area (TPSA) is 58.2 Å². The summed E-state index contributed by atoms with van der Waals surface area (Å²) in [6.45, 7) is 12.0. The number of hydrogen-bond donors (Lipinski definition) is 1. The second-order valence-electron chi connectivity index (χ2n) is 8.03. The third-order valence-electron chi connectivity index (χ3n) is 4.61. The molecule has 0 spiro atoms. The van der Waals surface area contributed by atoms with Gasteiger partial charge in [0.25, 0.3) is 5.56 Å². The predicted octanol–water partition coefficient (Wildman–Crippen LogP) is 3.99. The molecular weight excluding hydrogens is 350 g/mol. The fourth-order valence-corrected chi connectivity index (χ4v) is 2.35. The van der Waals surface area contributed by atoms with E-state index in [0.29, 0.717) is 6.42 Å². The maximum absolute atomic E-state index is 12.1. The molecule has 0 bridgehead atoms.